The average Bonchev–Trinajstić information content (AvgIpc) is 3.34. The predicted molar refractivity (Wildman–Crippen MR) is 153 cm³/mol. The molecule has 0 radical (unpaired) electrons. The quantitative estimate of drug-likeness (QED) is 0.310. The highest BCUT2D eigenvalue weighted by molar-refractivity contribution is 8.00. The highest BCUT2D eigenvalue weighted by Gasteiger charge is 2.23. The normalized spacial score (nSPS) is 20.0. The maximum Gasteiger partial charge on any atom is 0.231 e. The molecular formula is C31H38ClNO2S. The largest absolute Gasteiger partial charge is 0.454 e. The number of aryl methyl sites for hydroxylation is 1. The number of fused-ring (bicyclic) bond motifs is 3. The Balaban J connectivity index is 1.37. The zero-order chi connectivity index (χ0) is 24.9. The minimum Gasteiger partial charge on any atom is -0.454 e. The number of hydrogen-bond donors (Lipinski definition) is 0. The lowest BCUT2D eigenvalue weighted by molar-refractivity contribution is 0.174. The summed E-state index contributed by atoms with van der Waals surface area (Å²) in [5.41, 5.74) is 2.88. The molecule has 2 aliphatic rings. The summed E-state index contributed by atoms with van der Waals surface area (Å²) in [4.78, 5) is 3.89. The molecule has 0 amide bonds. The van der Waals surface area contributed by atoms with Gasteiger partial charge in [-0.05, 0) is 105 Å². The van der Waals surface area contributed by atoms with Crippen molar-refractivity contribution in [3.63, 3.8) is 0 Å². The van der Waals surface area contributed by atoms with Gasteiger partial charge in [0.2, 0.25) is 6.79 Å². The van der Waals surface area contributed by atoms with Crippen LogP contribution in [0.25, 0.3) is 10.8 Å². The van der Waals surface area contributed by atoms with Crippen LogP contribution in [0.2, 0.25) is 5.02 Å². The topological polar surface area (TPSA) is 21.7 Å². The van der Waals surface area contributed by atoms with E-state index >= 15 is 0 Å². The van der Waals surface area contributed by atoms with Crippen molar-refractivity contribution < 1.29 is 9.47 Å². The summed E-state index contributed by atoms with van der Waals surface area (Å²) in [5.74, 6) is 2.60. The lowest BCUT2D eigenvalue weighted by Crippen LogP contribution is -2.26. The molecule has 0 aromatic heterocycles. The molecule has 0 N–H and O–H groups in total. The molecule has 1 aliphatic carbocycles. The molecular weight excluding hydrogens is 486 g/mol. The fourth-order valence-corrected chi connectivity index (χ4v) is 7.24. The van der Waals surface area contributed by atoms with Gasteiger partial charge in [0.25, 0.3) is 0 Å². The molecule has 0 spiro atoms. The first-order valence-electron chi connectivity index (χ1n) is 13.6. The zero-order valence-corrected chi connectivity index (χ0v) is 23.2. The Morgan fingerprint density at radius 1 is 0.944 bits per heavy atom. The summed E-state index contributed by atoms with van der Waals surface area (Å²) in [5, 5.41) is 3.70. The van der Waals surface area contributed by atoms with Crippen molar-refractivity contribution in [2.75, 3.05) is 26.4 Å². The van der Waals surface area contributed by atoms with Gasteiger partial charge in [-0.15, -0.1) is 11.8 Å². The van der Waals surface area contributed by atoms with E-state index in [0.717, 1.165) is 53.8 Å². The SMILES string of the molecule is CCN(CC)CCC1CCCC(Sc2ccc3c(Cl)cccc3c2)Cc2cc3c(cc2CC1)OCO3. The molecule has 36 heavy (non-hydrogen) atoms. The van der Waals surface area contributed by atoms with E-state index in [9.17, 15) is 0 Å². The third-order valence-corrected chi connectivity index (χ3v) is 9.54. The van der Waals surface area contributed by atoms with Crippen molar-refractivity contribution in [1.82, 2.24) is 4.90 Å². The third-order valence-electron chi connectivity index (χ3n) is 7.95. The minimum absolute atomic E-state index is 0.336. The Hall–Kier alpha value is -1.88. The standard InChI is InChI=1S/C31H38ClNO2S/c1-3-33(4-2)16-15-22-7-5-9-26(36-27-13-14-28-24(17-27)8-6-10-29(28)32)18-25-20-31-30(34-21-35-31)19-23(25)12-11-22/h6,8,10,13-14,17,19-20,22,26H,3-5,7,9,11-12,15-16,18,21H2,1-2H3. The van der Waals surface area contributed by atoms with E-state index in [4.69, 9.17) is 21.1 Å². The van der Waals surface area contributed by atoms with Gasteiger partial charge in [0, 0.05) is 20.6 Å². The number of rotatable bonds is 7. The number of thioether (sulfide) groups is 1. The number of halogens is 1. The Kier molecular flexibility index (Phi) is 8.66. The van der Waals surface area contributed by atoms with Crippen molar-refractivity contribution in [1.29, 1.82) is 0 Å². The van der Waals surface area contributed by atoms with E-state index < -0.39 is 0 Å². The van der Waals surface area contributed by atoms with Gasteiger partial charge in [0.15, 0.2) is 11.5 Å². The van der Waals surface area contributed by atoms with Crippen LogP contribution in [-0.2, 0) is 12.8 Å². The van der Waals surface area contributed by atoms with E-state index in [2.05, 4.69) is 55.1 Å². The molecule has 192 valence electrons. The van der Waals surface area contributed by atoms with Crippen molar-refractivity contribution in [2.45, 2.75) is 68.9 Å². The number of nitrogens with zero attached hydrogens (tertiary/aromatic N) is 1. The Labute approximate surface area is 225 Å². The molecule has 2 atom stereocenters. The van der Waals surface area contributed by atoms with Gasteiger partial charge in [-0.2, -0.15) is 0 Å². The van der Waals surface area contributed by atoms with Crippen LogP contribution in [0.5, 0.6) is 11.5 Å². The molecule has 1 heterocycles. The Morgan fingerprint density at radius 3 is 2.56 bits per heavy atom. The van der Waals surface area contributed by atoms with Crippen molar-refractivity contribution >= 4 is 34.1 Å². The van der Waals surface area contributed by atoms with Crippen LogP contribution < -0.4 is 9.47 Å². The molecule has 3 aromatic rings. The van der Waals surface area contributed by atoms with E-state index in [1.807, 2.05) is 23.9 Å². The summed E-state index contributed by atoms with van der Waals surface area (Å²) >= 11 is 8.45. The molecule has 0 saturated heterocycles. The third kappa shape index (κ3) is 6.15. The van der Waals surface area contributed by atoms with Gasteiger partial charge >= 0.3 is 0 Å². The maximum absolute atomic E-state index is 6.42. The summed E-state index contributed by atoms with van der Waals surface area (Å²) < 4.78 is 11.5. The van der Waals surface area contributed by atoms with E-state index in [1.165, 1.54) is 60.1 Å². The summed E-state index contributed by atoms with van der Waals surface area (Å²) in [6, 6.07) is 17.4. The average molecular weight is 524 g/mol. The van der Waals surface area contributed by atoms with Crippen molar-refractivity contribution in [3.8, 4) is 11.5 Å². The smallest absolute Gasteiger partial charge is 0.231 e. The fourth-order valence-electron chi connectivity index (χ4n) is 5.72. The molecule has 3 nitrogen and oxygen atoms in total. The van der Waals surface area contributed by atoms with Crippen LogP contribution in [0.15, 0.2) is 53.4 Å². The molecule has 5 rings (SSSR count). The first-order valence-corrected chi connectivity index (χ1v) is 14.9. The summed E-state index contributed by atoms with van der Waals surface area (Å²) in [6.07, 6.45) is 8.59. The zero-order valence-electron chi connectivity index (χ0n) is 21.6. The number of ether oxygens (including phenoxy) is 2. The second-order valence-electron chi connectivity index (χ2n) is 10.2. The van der Waals surface area contributed by atoms with Gasteiger partial charge in [-0.1, -0.05) is 56.5 Å². The summed E-state index contributed by atoms with van der Waals surface area (Å²) in [6.45, 7) is 8.39. The van der Waals surface area contributed by atoms with Gasteiger partial charge in [-0.25, -0.2) is 0 Å². The molecule has 0 fully saturated rings. The first-order chi connectivity index (χ1) is 17.6. The van der Waals surface area contributed by atoms with Crippen LogP contribution >= 0.6 is 23.4 Å². The maximum atomic E-state index is 6.42. The van der Waals surface area contributed by atoms with Crippen molar-refractivity contribution in [2.24, 2.45) is 5.92 Å². The van der Waals surface area contributed by atoms with E-state index in [1.54, 1.807) is 0 Å². The molecule has 5 heteroatoms. The highest BCUT2D eigenvalue weighted by atomic mass is 35.5. The molecule has 2 unspecified atom stereocenters. The van der Waals surface area contributed by atoms with Gasteiger partial charge < -0.3 is 14.4 Å². The lowest BCUT2D eigenvalue weighted by atomic mass is 9.87. The number of benzene rings is 3. The van der Waals surface area contributed by atoms with E-state index in [-0.39, 0.29) is 0 Å². The van der Waals surface area contributed by atoms with Crippen LogP contribution in [0.4, 0.5) is 0 Å². The molecule has 1 aliphatic heterocycles. The number of hydrogen-bond acceptors (Lipinski definition) is 4. The summed E-state index contributed by atoms with van der Waals surface area (Å²) in [7, 11) is 0. The fraction of sp³-hybridized carbons (Fsp3) is 0.484. The van der Waals surface area contributed by atoms with Crippen LogP contribution in [0, 0.1) is 5.92 Å². The molecule has 0 bridgehead atoms. The predicted octanol–water partition coefficient (Wildman–Crippen LogP) is 8.39. The van der Waals surface area contributed by atoms with Gasteiger partial charge in [0.1, 0.15) is 0 Å². The van der Waals surface area contributed by atoms with Gasteiger partial charge in [0.05, 0.1) is 0 Å². The minimum atomic E-state index is 0.336. The Bertz CT molecular complexity index is 1180. The second-order valence-corrected chi connectivity index (χ2v) is 12.0. The molecule has 3 aromatic carbocycles. The highest BCUT2D eigenvalue weighted by Crippen LogP contribution is 2.40. The van der Waals surface area contributed by atoms with Gasteiger partial charge in [-0.3, -0.25) is 0 Å². The lowest BCUT2D eigenvalue weighted by Gasteiger charge is -2.26. The Morgan fingerprint density at radius 2 is 1.75 bits per heavy atom. The first kappa shape index (κ1) is 25.8. The molecule has 0 saturated carbocycles. The monoisotopic (exact) mass is 523 g/mol. The van der Waals surface area contributed by atoms with Crippen LogP contribution in [0.1, 0.15) is 57.1 Å². The van der Waals surface area contributed by atoms with Crippen LogP contribution in [0.3, 0.4) is 0 Å². The second kappa shape index (κ2) is 12.1. The van der Waals surface area contributed by atoms with Crippen molar-refractivity contribution in [3.05, 3.63) is 64.7 Å². The van der Waals surface area contributed by atoms with Crippen LogP contribution in [-0.4, -0.2) is 36.6 Å². The van der Waals surface area contributed by atoms with E-state index in [0.29, 0.717) is 12.0 Å².